The van der Waals surface area contributed by atoms with Crippen molar-refractivity contribution in [3.63, 3.8) is 0 Å². The number of hydrogen-bond acceptors (Lipinski definition) is 4. The zero-order valence-corrected chi connectivity index (χ0v) is 15.8. The Morgan fingerprint density at radius 2 is 1.83 bits per heavy atom. The standard InChI is InChI=1S/C16H29N3O3S/c1-10(2)9-19-14(6)16(13(5)17-19)23(20,21)18-15-7-11(3)22-12(4)8-15/h10-12,15,18H,7-9H2,1-6H3. The quantitative estimate of drug-likeness (QED) is 0.891. The van der Waals surface area contributed by atoms with Crippen molar-refractivity contribution in [2.75, 3.05) is 0 Å². The molecule has 23 heavy (non-hydrogen) atoms. The Morgan fingerprint density at radius 3 is 2.35 bits per heavy atom. The van der Waals surface area contributed by atoms with Crippen molar-refractivity contribution in [3.05, 3.63) is 11.4 Å². The fraction of sp³-hybridized carbons (Fsp3) is 0.812. The van der Waals surface area contributed by atoms with E-state index in [0.29, 0.717) is 41.6 Å². The van der Waals surface area contributed by atoms with Crippen LogP contribution in [0.3, 0.4) is 0 Å². The molecule has 0 bridgehead atoms. The van der Waals surface area contributed by atoms with E-state index in [1.807, 2.05) is 20.8 Å². The molecule has 1 fully saturated rings. The van der Waals surface area contributed by atoms with Gasteiger partial charge in [0.2, 0.25) is 10.0 Å². The van der Waals surface area contributed by atoms with E-state index in [2.05, 4.69) is 23.7 Å². The van der Waals surface area contributed by atoms with Crippen LogP contribution in [0.15, 0.2) is 4.90 Å². The Labute approximate surface area is 139 Å². The lowest BCUT2D eigenvalue weighted by Crippen LogP contribution is -2.44. The molecule has 0 amide bonds. The van der Waals surface area contributed by atoms with Gasteiger partial charge in [-0.2, -0.15) is 5.10 Å². The summed E-state index contributed by atoms with van der Waals surface area (Å²) in [5.74, 6) is 0.411. The molecule has 0 aromatic carbocycles. The molecule has 132 valence electrons. The molecule has 1 saturated heterocycles. The maximum atomic E-state index is 12.8. The molecule has 1 aromatic rings. The second kappa shape index (κ2) is 6.91. The van der Waals surface area contributed by atoms with Crippen molar-refractivity contribution in [2.45, 2.75) is 84.1 Å². The Kier molecular flexibility index (Phi) is 5.53. The van der Waals surface area contributed by atoms with Crippen molar-refractivity contribution in [2.24, 2.45) is 5.92 Å². The van der Waals surface area contributed by atoms with Crippen LogP contribution >= 0.6 is 0 Å². The summed E-state index contributed by atoms with van der Waals surface area (Å²) < 4.78 is 36.0. The summed E-state index contributed by atoms with van der Waals surface area (Å²) in [5.41, 5.74) is 1.26. The van der Waals surface area contributed by atoms with Crippen molar-refractivity contribution in [1.29, 1.82) is 0 Å². The monoisotopic (exact) mass is 343 g/mol. The Hall–Kier alpha value is -0.920. The predicted molar refractivity (Wildman–Crippen MR) is 89.9 cm³/mol. The lowest BCUT2D eigenvalue weighted by molar-refractivity contribution is -0.0388. The Bertz CT molecular complexity index is 642. The fourth-order valence-electron chi connectivity index (χ4n) is 3.37. The first-order valence-corrected chi connectivity index (χ1v) is 9.80. The van der Waals surface area contributed by atoms with Crippen molar-refractivity contribution >= 4 is 10.0 Å². The molecular formula is C16H29N3O3S. The third-order valence-electron chi connectivity index (χ3n) is 4.14. The van der Waals surface area contributed by atoms with Crippen LogP contribution in [0, 0.1) is 19.8 Å². The van der Waals surface area contributed by atoms with Gasteiger partial charge in [0.05, 0.1) is 23.6 Å². The number of aromatic nitrogens is 2. The minimum absolute atomic E-state index is 0.0670. The first-order valence-electron chi connectivity index (χ1n) is 8.32. The van der Waals surface area contributed by atoms with Gasteiger partial charge in [-0.3, -0.25) is 4.68 Å². The first-order chi connectivity index (χ1) is 10.6. The lowest BCUT2D eigenvalue weighted by Gasteiger charge is -2.32. The number of aryl methyl sites for hydroxylation is 1. The predicted octanol–water partition coefficient (Wildman–Crippen LogP) is 2.39. The Balaban J connectivity index is 2.24. The molecule has 2 heterocycles. The lowest BCUT2D eigenvalue weighted by atomic mass is 10.0. The smallest absolute Gasteiger partial charge is 0.244 e. The van der Waals surface area contributed by atoms with Gasteiger partial charge in [-0.1, -0.05) is 13.8 Å². The Morgan fingerprint density at radius 1 is 1.26 bits per heavy atom. The van der Waals surface area contributed by atoms with Crippen LogP contribution in [0.5, 0.6) is 0 Å². The molecular weight excluding hydrogens is 314 g/mol. The summed E-state index contributed by atoms with van der Waals surface area (Å²) in [7, 11) is -3.57. The van der Waals surface area contributed by atoms with Crippen LogP contribution in [-0.4, -0.2) is 36.4 Å². The highest BCUT2D eigenvalue weighted by Gasteiger charge is 2.31. The molecule has 0 saturated carbocycles. The maximum Gasteiger partial charge on any atom is 0.244 e. The van der Waals surface area contributed by atoms with E-state index < -0.39 is 10.0 Å². The molecule has 6 nitrogen and oxygen atoms in total. The van der Waals surface area contributed by atoms with Gasteiger partial charge in [-0.15, -0.1) is 0 Å². The number of ether oxygens (including phenoxy) is 1. The fourth-order valence-corrected chi connectivity index (χ4v) is 5.05. The van der Waals surface area contributed by atoms with Gasteiger partial charge in [0.15, 0.2) is 0 Å². The molecule has 0 radical (unpaired) electrons. The van der Waals surface area contributed by atoms with Crippen molar-refractivity contribution in [1.82, 2.24) is 14.5 Å². The molecule has 0 aliphatic carbocycles. The molecule has 2 rings (SSSR count). The number of rotatable bonds is 5. The largest absolute Gasteiger partial charge is 0.375 e. The second-order valence-corrected chi connectivity index (χ2v) is 8.77. The number of sulfonamides is 1. The minimum Gasteiger partial charge on any atom is -0.375 e. The average Bonchev–Trinajstić information content (AvgIpc) is 2.61. The summed E-state index contributed by atoms with van der Waals surface area (Å²) in [5, 5.41) is 4.41. The zero-order chi connectivity index (χ0) is 17.4. The van der Waals surface area contributed by atoms with E-state index in [4.69, 9.17) is 4.74 Å². The molecule has 1 aliphatic rings. The normalized spacial score (nSPS) is 26.0. The van der Waals surface area contributed by atoms with E-state index in [1.54, 1.807) is 11.6 Å². The van der Waals surface area contributed by atoms with Gasteiger partial charge < -0.3 is 4.74 Å². The molecule has 1 aliphatic heterocycles. The van der Waals surface area contributed by atoms with Crippen molar-refractivity contribution in [3.8, 4) is 0 Å². The SMILES string of the molecule is Cc1nn(CC(C)C)c(C)c1S(=O)(=O)NC1CC(C)OC(C)C1. The van der Waals surface area contributed by atoms with Gasteiger partial charge in [0.25, 0.3) is 0 Å². The molecule has 2 atom stereocenters. The van der Waals surface area contributed by atoms with Gasteiger partial charge >= 0.3 is 0 Å². The van der Waals surface area contributed by atoms with E-state index in [0.717, 1.165) is 0 Å². The van der Waals surface area contributed by atoms with E-state index in [1.165, 1.54) is 0 Å². The maximum absolute atomic E-state index is 12.8. The molecule has 2 unspecified atom stereocenters. The first kappa shape index (κ1) is 18.4. The van der Waals surface area contributed by atoms with E-state index in [9.17, 15) is 8.42 Å². The summed E-state index contributed by atoms with van der Waals surface area (Å²) in [6, 6.07) is -0.0917. The van der Waals surface area contributed by atoms with Gasteiger partial charge in [0.1, 0.15) is 4.90 Å². The third-order valence-corrected chi connectivity index (χ3v) is 5.91. The number of nitrogens with one attached hydrogen (secondary N) is 1. The van der Waals surface area contributed by atoms with Gasteiger partial charge in [-0.05, 0) is 46.5 Å². The van der Waals surface area contributed by atoms with E-state index in [-0.39, 0.29) is 18.2 Å². The molecule has 0 spiro atoms. The van der Waals surface area contributed by atoms with Gasteiger partial charge in [-0.25, -0.2) is 13.1 Å². The topological polar surface area (TPSA) is 73.2 Å². The van der Waals surface area contributed by atoms with Crippen LogP contribution in [0.2, 0.25) is 0 Å². The third kappa shape index (κ3) is 4.33. The minimum atomic E-state index is -3.57. The summed E-state index contributed by atoms with van der Waals surface area (Å²) in [6.45, 7) is 12.4. The van der Waals surface area contributed by atoms with Crippen LogP contribution in [0.25, 0.3) is 0 Å². The zero-order valence-electron chi connectivity index (χ0n) is 15.0. The number of hydrogen-bond donors (Lipinski definition) is 1. The molecule has 7 heteroatoms. The van der Waals surface area contributed by atoms with E-state index >= 15 is 0 Å². The van der Waals surface area contributed by atoms with Gasteiger partial charge in [0, 0.05) is 12.6 Å². The van der Waals surface area contributed by atoms with Crippen LogP contribution in [-0.2, 0) is 21.3 Å². The molecule has 1 aromatic heterocycles. The van der Waals surface area contributed by atoms with Crippen molar-refractivity contribution < 1.29 is 13.2 Å². The average molecular weight is 343 g/mol. The number of nitrogens with zero attached hydrogens (tertiary/aromatic N) is 2. The highest BCUT2D eigenvalue weighted by molar-refractivity contribution is 7.89. The van der Waals surface area contributed by atoms with Crippen LogP contribution < -0.4 is 4.72 Å². The summed E-state index contributed by atoms with van der Waals surface area (Å²) in [4.78, 5) is 0.324. The summed E-state index contributed by atoms with van der Waals surface area (Å²) >= 11 is 0. The molecule has 1 N–H and O–H groups in total. The second-order valence-electron chi connectivity index (χ2n) is 7.12. The highest BCUT2D eigenvalue weighted by atomic mass is 32.2. The summed E-state index contributed by atoms with van der Waals surface area (Å²) in [6.07, 6.45) is 1.53. The highest BCUT2D eigenvalue weighted by Crippen LogP contribution is 2.24. The van der Waals surface area contributed by atoms with Crippen LogP contribution in [0.1, 0.15) is 51.9 Å². The van der Waals surface area contributed by atoms with Crippen LogP contribution in [0.4, 0.5) is 0 Å².